The first-order valence-electron chi connectivity index (χ1n) is 5.75. The van der Waals surface area contributed by atoms with Crippen molar-refractivity contribution in [2.24, 2.45) is 0 Å². The molecule has 0 aliphatic carbocycles. The number of benzene rings is 2. The van der Waals surface area contributed by atoms with Crippen LogP contribution in [0.5, 0.6) is 0 Å². The molecule has 0 atom stereocenters. The van der Waals surface area contributed by atoms with Crippen LogP contribution in [0.1, 0.15) is 21.5 Å². The Bertz CT molecular complexity index is 618. The van der Waals surface area contributed by atoms with E-state index in [-0.39, 0.29) is 0 Å². The highest BCUT2D eigenvalue weighted by atomic mass is 16.1. The molecule has 92 valence electrons. The molecule has 2 rings (SSSR count). The van der Waals surface area contributed by atoms with Gasteiger partial charge in [0.1, 0.15) is 6.29 Å². The molecule has 4 N–H and O–H groups in total. The molecule has 18 heavy (non-hydrogen) atoms. The molecule has 0 saturated heterocycles. The zero-order chi connectivity index (χ0) is 13.3. The van der Waals surface area contributed by atoms with Crippen molar-refractivity contribution in [1.82, 2.24) is 0 Å². The fourth-order valence-electron chi connectivity index (χ4n) is 2.20. The molecule has 0 amide bonds. The Hall–Kier alpha value is -2.29. The van der Waals surface area contributed by atoms with Gasteiger partial charge >= 0.3 is 0 Å². The third kappa shape index (κ3) is 1.95. The standard InChI is InChI=1S/C15H16N2O/c1-9-7-12(16)4-5-13(9)15-10(2)11(8-18)3-6-14(15)17/h3-8H,16-17H2,1-2H3. The van der Waals surface area contributed by atoms with Crippen molar-refractivity contribution in [2.45, 2.75) is 13.8 Å². The fourth-order valence-corrected chi connectivity index (χ4v) is 2.20. The summed E-state index contributed by atoms with van der Waals surface area (Å²) in [6.45, 7) is 3.89. The first-order valence-corrected chi connectivity index (χ1v) is 5.75. The maximum atomic E-state index is 11.0. The summed E-state index contributed by atoms with van der Waals surface area (Å²) in [7, 11) is 0. The van der Waals surface area contributed by atoms with E-state index in [1.807, 2.05) is 32.0 Å². The van der Waals surface area contributed by atoms with Gasteiger partial charge in [0, 0.05) is 22.5 Å². The normalized spacial score (nSPS) is 10.3. The van der Waals surface area contributed by atoms with Crippen LogP contribution >= 0.6 is 0 Å². The summed E-state index contributed by atoms with van der Waals surface area (Å²) >= 11 is 0. The van der Waals surface area contributed by atoms with Crippen molar-refractivity contribution in [3.63, 3.8) is 0 Å². The third-order valence-electron chi connectivity index (χ3n) is 3.19. The average molecular weight is 240 g/mol. The zero-order valence-electron chi connectivity index (χ0n) is 10.5. The van der Waals surface area contributed by atoms with Gasteiger partial charge in [-0.25, -0.2) is 0 Å². The van der Waals surface area contributed by atoms with E-state index in [1.165, 1.54) is 0 Å². The lowest BCUT2D eigenvalue weighted by atomic mass is 9.92. The van der Waals surface area contributed by atoms with E-state index in [4.69, 9.17) is 11.5 Å². The maximum Gasteiger partial charge on any atom is 0.150 e. The minimum absolute atomic E-state index is 0.662. The zero-order valence-corrected chi connectivity index (χ0v) is 10.5. The van der Waals surface area contributed by atoms with Gasteiger partial charge in [-0.15, -0.1) is 0 Å². The number of hydrogen-bond donors (Lipinski definition) is 2. The molecule has 0 saturated carbocycles. The van der Waals surface area contributed by atoms with E-state index in [1.54, 1.807) is 12.1 Å². The summed E-state index contributed by atoms with van der Waals surface area (Å²) < 4.78 is 0. The molecule has 0 heterocycles. The number of carbonyl (C=O) groups excluding carboxylic acids is 1. The lowest BCUT2D eigenvalue weighted by Gasteiger charge is -2.14. The van der Waals surface area contributed by atoms with Crippen LogP contribution < -0.4 is 11.5 Å². The molecule has 0 unspecified atom stereocenters. The van der Waals surface area contributed by atoms with Crippen LogP contribution in [0.15, 0.2) is 30.3 Å². The van der Waals surface area contributed by atoms with Crippen molar-refractivity contribution < 1.29 is 4.79 Å². The minimum Gasteiger partial charge on any atom is -0.399 e. The number of hydrogen-bond acceptors (Lipinski definition) is 3. The molecule has 0 fully saturated rings. The summed E-state index contributed by atoms with van der Waals surface area (Å²) in [5.41, 5.74) is 17.7. The summed E-state index contributed by atoms with van der Waals surface area (Å²) in [6.07, 6.45) is 0.852. The predicted octanol–water partition coefficient (Wildman–Crippen LogP) is 2.95. The van der Waals surface area contributed by atoms with Crippen molar-refractivity contribution in [3.8, 4) is 11.1 Å². The second-order valence-corrected chi connectivity index (χ2v) is 4.44. The van der Waals surface area contributed by atoms with Crippen LogP contribution in [0.4, 0.5) is 11.4 Å². The molecule has 2 aromatic rings. The Morgan fingerprint density at radius 2 is 1.78 bits per heavy atom. The summed E-state index contributed by atoms with van der Waals surface area (Å²) in [5.74, 6) is 0. The van der Waals surface area contributed by atoms with Crippen LogP contribution in [-0.4, -0.2) is 6.29 Å². The summed E-state index contributed by atoms with van der Waals surface area (Å²) in [6, 6.07) is 9.20. The van der Waals surface area contributed by atoms with E-state index >= 15 is 0 Å². The number of carbonyl (C=O) groups is 1. The molecular weight excluding hydrogens is 224 g/mol. The summed E-state index contributed by atoms with van der Waals surface area (Å²) in [4.78, 5) is 11.0. The highest BCUT2D eigenvalue weighted by Crippen LogP contribution is 2.34. The highest BCUT2D eigenvalue weighted by Gasteiger charge is 2.12. The summed E-state index contributed by atoms with van der Waals surface area (Å²) in [5, 5.41) is 0. The van der Waals surface area contributed by atoms with Gasteiger partial charge in [0.15, 0.2) is 0 Å². The van der Waals surface area contributed by atoms with Crippen molar-refractivity contribution in [1.29, 1.82) is 0 Å². The van der Waals surface area contributed by atoms with Crippen molar-refractivity contribution >= 4 is 17.7 Å². The number of nitrogens with two attached hydrogens (primary N) is 2. The van der Waals surface area contributed by atoms with E-state index in [0.29, 0.717) is 11.3 Å². The van der Waals surface area contributed by atoms with Crippen LogP contribution in [0, 0.1) is 13.8 Å². The monoisotopic (exact) mass is 240 g/mol. The average Bonchev–Trinajstić information content (AvgIpc) is 2.32. The molecule has 0 aliphatic heterocycles. The van der Waals surface area contributed by atoms with Crippen molar-refractivity contribution in [2.75, 3.05) is 11.5 Å². The highest BCUT2D eigenvalue weighted by molar-refractivity contribution is 5.89. The SMILES string of the molecule is Cc1cc(N)ccc1-c1c(N)ccc(C=O)c1C. The lowest BCUT2D eigenvalue weighted by molar-refractivity contribution is 0.112. The topological polar surface area (TPSA) is 69.1 Å². The van der Waals surface area contributed by atoms with E-state index in [2.05, 4.69) is 0 Å². The molecule has 0 bridgehead atoms. The van der Waals surface area contributed by atoms with Gasteiger partial charge in [-0.05, 0) is 54.8 Å². The number of anilines is 2. The van der Waals surface area contributed by atoms with Gasteiger partial charge in [-0.2, -0.15) is 0 Å². The largest absolute Gasteiger partial charge is 0.399 e. The number of aryl methyl sites for hydroxylation is 1. The van der Waals surface area contributed by atoms with E-state index in [0.717, 1.165) is 34.2 Å². The lowest BCUT2D eigenvalue weighted by Crippen LogP contribution is -1.99. The quantitative estimate of drug-likeness (QED) is 0.626. The van der Waals surface area contributed by atoms with Crippen LogP contribution in [0.25, 0.3) is 11.1 Å². The second-order valence-electron chi connectivity index (χ2n) is 4.44. The van der Waals surface area contributed by atoms with Gasteiger partial charge in [0.2, 0.25) is 0 Å². The van der Waals surface area contributed by atoms with Gasteiger partial charge in [-0.3, -0.25) is 4.79 Å². The number of rotatable bonds is 2. The third-order valence-corrected chi connectivity index (χ3v) is 3.19. The molecule has 0 aliphatic rings. The Balaban J connectivity index is 2.74. The fraction of sp³-hybridized carbons (Fsp3) is 0.133. The Kier molecular flexibility index (Phi) is 3.06. The van der Waals surface area contributed by atoms with Crippen LogP contribution in [0.3, 0.4) is 0 Å². The molecule has 0 aromatic heterocycles. The molecule has 0 radical (unpaired) electrons. The van der Waals surface area contributed by atoms with E-state index in [9.17, 15) is 4.79 Å². The number of aldehydes is 1. The molecule has 3 heteroatoms. The first-order chi connectivity index (χ1) is 8.54. The van der Waals surface area contributed by atoms with Crippen molar-refractivity contribution in [3.05, 3.63) is 47.0 Å². The first kappa shape index (κ1) is 12.2. The predicted molar refractivity (Wildman–Crippen MR) is 75.6 cm³/mol. The van der Waals surface area contributed by atoms with E-state index < -0.39 is 0 Å². The smallest absolute Gasteiger partial charge is 0.150 e. The Labute approximate surface area is 106 Å². The van der Waals surface area contributed by atoms with Gasteiger partial charge in [0.05, 0.1) is 0 Å². The van der Waals surface area contributed by atoms with Crippen LogP contribution in [0.2, 0.25) is 0 Å². The van der Waals surface area contributed by atoms with Gasteiger partial charge < -0.3 is 11.5 Å². The Morgan fingerprint density at radius 3 is 2.39 bits per heavy atom. The minimum atomic E-state index is 0.662. The van der Waals surface area contributed by atoms with Gasteiger partial charge in [0.25, 0.3) is 0 Å². The maximum absolute atomic E-state index is 11.0. The second kappa shape index (κ2) is 4.53. The molecule has 2 aromatic carbocycles. The Morgan fingerprint density at radius 1 is 1.06 bits per heavy atom. The number of nitrogen functional groups attached to an aromatic ring is 2. The molecule has 3 nitrogen and oxygen atoms in total. The van der Waals surface area contributed by atoms with Crippen LogP contribution in [-0.2, 0) is 0 Å². The molecular formula is C15H16N2O. The molecule has 0 spiro atoms. The van der Waals surface area contributed by atoms with Gasteiger partial charge in [-0.1, -0.05) is 6.07 Å².